The van der Waals surface area contributed by atoms with Gasteiger partial charge < -0.3 is 5.32 Å². The van der Waals surface area contributed by atoms with Crippen molar-refractivity contribution in [3.05, 3.63) is 59.2 Å². The minimum Gasteiger partial charge on any atom is -0.348 e. The summed E-state index contributed by atoms with van der Waals surface area (Å²) in [4.78, 5) is 12.0. The summed E-state index contributed by atoms with van der Waals surface area (Å²) in [6, 6.07) is 8.44. The molecule has 0 bridgehead atoms. The van der Waals surface area contributed by atoms with Crippen LogP contribution >= 0.6 is 11.7 Å². The molecule has 1 amide bonds. The minimum absolute atomic E-state index is 0.165. The van der Waals surface area contributed by atoms with Gasteiger partial charge in [-0.05, 0) is 30.3 Å². The van der Waals surface area contributed by atoms with Crippen LogP contribution in [0.1, 0.15) is 15.9 Å². The highest BCUT2D eigenvalue weighted by Gasteiger charge is 2.12. The molecule has 21 heavy (non-hydrogen) atoms. The number of aromatic nitrogens is 2. The van der Waals surface area contributed by atoms with Gasteiger partial charge in [-0.25, -0.2) is 8.78 Å². The number of carbonyl (C=O) groups excluding carboxylic acids is 1. The molecule has 0 saturated heterocycles. The minimum atomic E-state index is -0.686. The first-order chi connectivity index (χ1) is 10.1. The SMILES string of the molecule is O=C(NCc1c(F)cccc1F)c1ccc2nsnc2c1. The highest BCUT2D eigenvalue weighted by Crippen LogP contribution is 2.15. The van der Waals surface area contributed by atoms with Crippen LogP contribution in [0.4, 0.5) is 8.78 Å². The maximum atomic E-state index is 13.5. The van der Waals surface area contributed by atoms with Gasteiger partial charge in [0.25, 0.3) is 5.91 Å². The van der Waals surface area contributed by atoms with Crippen LogP contribution in [-0.2, 0) is 6.54 Å². The number of halogens is 2. The second kappa shape index (κ2) is 5.53. The average molecular weight is 305 g/mol. The molecule has 1 heterocycles. The van der Waals surface area contributed by atoms with Gasteiger partial charge in [0.2, 0.25) is 0 Å². The third-order valence-corrected chi connectivity index (χ3v) is 3.56. The Hall–Kier alpha value is -2.41. The van der Waals surface area contributed by atoms with Gasteiger partial charge in [0.05, 0.1) is 11.7 Å². The van der Waals surface area contributed by atoms with Crippen LogP contribution < -0.4 is 5.32 Å². The molecule has 0 aliphatic heterocycles. The zero-order valence-electron chi connectivity index (χ0n) is 10.6. The molecule has 0 atom stereocenters. The molecule has 0 unspecified atom stereocenters. The van der Waals surface area contributed by atoms with Gasteiger partial charge in [-0.15, -0.1) is 0 Å². The number of amides is 1. The van der Waals surface area contributed by atoms with Gasteiger partial charge in [-0.2, -0.15) is 8.75 Å². The molecular formula is C14H9F2N3OS. The Morgan fingerprint density at radius 2 is 1.81 bits per heavy atom. The van der Waals surface area contributed by atoms with E-state index in [2.05, 4.69) is 14.1 Å². The van der Waals surface area contributed by atoms with Crippen molar-refractivity contribution in [2.75, 3.05) is 0 Å². The topological polar surface area (TPSA) is 54.9 Å². The maximum absolute atomic E-state index is 13.5. The predicted molar refractivity (Wildman–Crippen MR) is 74.9 cm³/mol. The molecule has 0 radical (unpaired) electrons. The van der Waals surface area contributed by atoms with Crippen LogP contribution in [0.15, 0.2) is 36.4 Å². The van der Waals surface area contributed by atoms with Crippen LogP contribution in [-0.4, -0.2) is 14.7 Å². The lowest BCUT2D eigenvalue weighted by Gasteiger charge is -2.07. The third-order valence-electron chi connectivity index (χ3n) is 3.00. The van der Waals surface area contributed by atoms with Crippen molar-refractivity contribution in [2.24, 2.45) is 0 Å². The number of carbonyl (C=O) groups is 1. The summed E-state index contributed by atoms with van der Waals surface area (Å²) >= 11 is 1.06. The number of hydrogen-bond donors (Lipinski definition) is 1. The molecule has 0 aliphatic rings. The summed E-state index contributed by atoms with van der Waals surface area (Å²) in [7, 11) is 0. The van der Waals surface area contributed by atoms with E-state index >= 15 is 0 Å². The largest absolute Gasteiger partial charge is 0.348 e. The highest BCUT2D eigenvalue weighted by molar-refractivity contribution is 7.00. The van der Waals surface area contributed by atoms with E-state index in [4.69, 9.17) is 0 Å². The average Bonchev–Trinajstić information content (AvgIpc) is 2.93. The standard InChI is InChI=1S/C14H9F2N3OS/c15-10-2-1-3-11(16)9(10)7-17-14(20)8-4-5-12-13(6-8)19-21-18-12/h1-6H,7H2,(H,17,20). The zero-order chi connectivity index (χ0) is 14.8. The first-order valence-corrected chi connectivity index (χ1v) is 6.81. The van der Waals surface area contributed by atoms with E-state index in [-0.39, 0.29) is 12.1 Å². The fourth-order valence-electron chi connectivity index (χ4n) is 1.90. The van der Waals surface area contributed by atoms with Crippen molar-refractivity contribution >= 4 is 28.7 Å². The van der Waals surface area contributed by atoms with Gasteiger partial charge in [0.15, 0.2) is 0 Å². The lowest BCUT2D eigenvalue weighted by atomic mass is 10.1. The molecule has 0 spiro atoms. The number of fused-ring (bicyclic) bond motifs is 1. The molecule has 4 nitrogen and oxygen atoms in total. The van der Waals surface area contributed by atoms with E-state index in [0.29, 0.717) is 16.6 Å². The normalized spacial score (nSPS) is 10.8. The summed E-state index contributed by atoms with van der Waals surface area (Å²) in [6.45, 7) is -0.218. The second-order valence-electron chi connectivity index (χ2n) is 4.35. The molecule has 3 rings (SSSR count). The van der Waals surface area contributed by atoms with Gasteiger partial charge in [-0.3, -0.25) is 4.79 Å². The molecule has 1 N–H and O–H groups in total. The number of hydrogen-bond acceptors (Lipinski definition) is 4. The van der Waals surface area contributed by atoms with Gasteiger partial charge in [0.1, 0.15) is 22.7 Å². The van der Waals surface area contributed by atoms with Crippen molar-refractivity contribution in [3.8, 4) is 0 Å². The number of rotatable bonds is 3. The maximum Gasteiger partial charge on any atom is 0.251 e. The van der Waals surface area contributed by atoms with Crippen LogP contribution in [0.3, 0.4) is 0 Å². The Balaban J connectivity index is 1.77. The first-order valence-electron chi connectivity index (χ1n) is 6.08. The number of benzene rings is 2. The summed E-state index contributed by atoms with van der Waals surface area (Å²) in [6.07, 6.45) is 0. The molecular weight excluding hydrogens is 296 g/mol. The number of nitrogens with zero attached hydrogens (tertiary/aromatic N) is 2. The van der Waals surface area contributed by atoms with Crippen molar-refractivity contribution < 1.29 is 13.6 Å². The molecule has 3 aromatic rings. The molecule has 0 saturated carbocycles. The lowest BCUT2D eigenvalue weighted by Crippen LogP contribution is -2.23. The van der Waals surface area contributed by atoms with Gasteiger partial charge in [0, 0.05) is 17.7 Å². The summed E-state index contributed by atoms with van der Waals surface area (Å²) in [5, 5.41) is 2.49. The highest BCUT2D eigenvalue weighted by atomic mass is 32.1. The van der Waals surface area contributed by atoms with E-state index in [9.17, 15) is 13.6 Å². The van der Waals surface area contributed by atoms with E-state index in [1.807, 2.05) is 0 Å². The monoisotopic (exact) mass is 305 g/mol. The Morgan fingerprint density at radius 3 is 2.57 bits per heavy atom. The van der Waals surface area contributed by atoms with Crippen LogP contribution in [0.2, 0.25) is 0 Å². The molecule has 0 fully saturated rings. The molecule has 0 aliphatic carbocycles. The molecule has 106 valence electrons. The fraction of sp³-hybridized carbons (Fsp3) is 0.0714. The van der Waals surface area contributed by atoms with Crippen molar-refractivity contribution in [1.29, 1.82) is 0 Å². The second-order valence-corrected chi connectivity index (χ2v) is 4.88. The third kappa shape index (κ3) is 2.73. The first kappa shape index (κ1) is 13.6. The fourth-order valence-corrected chi connectivity index (χ4v) is 2.41. The Bertz CT molecular complexity index is 799. The molecule has 2 aromatic carbocycles. The molecule has 1 aromatic heterocycles. The van der Waals surface area contributed by atoms with Crippen LogP contribution in [0.5, 0.6) is 0 Å². The summed E-state index contributed by atoms with van der Waals surface area (Å²) < 4.78 is 35.0. The lowest BCUT2D eigenvalue weighted by molar-refractivity contribution is 0.0950. The zero-order valence-corrected chi connectivity index (χ0v) is 11.5. The van der Waals surface area contributed by atoms with Crippen molar-refractivity contribution in [1.82, 2.24) is 14.1 Å². The Kier molecular flexibility index (Phi) is 3.57. The van der Waals surface area contributed by atoms with Gasteiger partial charge in [-0.1, -0.05) is 6.07 Å². The summed E-state index contributed by atoms with van der Waals surface area (Å²) in [5.41, 5.74) is 1.52. The van der Waals surface area contributed by atoms with Gasteiger partial charge >= 0.3 is 0 Å². The van der Waals surface area contributed by atoms with E-state index in [0.717, 1.165) is 23.9 Å². The van der Waals surface area contributed by atoms with E-state index in [1.165, 1.54) is 6.07 Å². The number of nitrogens with one attached hydrogen (secondary N) is 1. The Labute approximate surface area is 122 Å². The van der Waals surface area contributed by atoms with E-state index < -0.39 is 17.5 Å². The van der Waals surface area contributed by atoms with Crippen LogP contribution in [0, 0.1) is 11.6 Å². The quantitative estimate of drug-likeness (QED) is 0.809. The van der Waals surface area contributed by atoms with Crippen molar-refractivity contribution in [3.63, 3.8) is 0 Å². The van der Waals surface area contributed by atoms with Crippen LogP contribution in [0.25, 0.3) is 11.0 Å². The summed E-state index contributed by atoms with van der Waals surface area (Å²) in [5.74, 6) is -1.79. The smallest absolute Gasteiger partial charge is 0.251 e. The van der Waals surface area contributed by atoms with Crippen molar-refractivity contribution in [2.45, 2.75) is 6.54 Å². The molecule has 7 heteroatoms. The van der Waals surface area contributed by atoms with E-state index in [1.54, 1.807) is 18.2 Å². The Morgan fingerprint density at radius 1 is 1.10 bits per heavy atom. The predicted octanol–water partition coefficient (Wildman–Crippen LogP) is 2.90.